The number of rotatable bonds is 2. The van der Waals surface area contributed by atoms with Gasteiger partial charge in [0.2, 0.25) is 0 Å². The molecule has 0 aliphatic heterocycles. The van der Waals surface area contributed by atoms with Crippen molar-refractivity contribution in [3.05, 3.63) is 29.3 Å². The lowest BCUT2D eigenvalue weighted by Gasteiger charge is -2.12. The fraction of sp³-hybridized carbons (Fsp3) is 0.154. The molecule has 0 aliphatic carbocycles. The Morgan fingerprint density at radius 3 is 2.59 bits per heavy atom. The minimum absolute atomic E-state index is 0.0197. The molecule has 0 aliphatic rings. The summed E-state index contributed by atoms with van der Waals surface area (Å²) in [5, 5.41) is 20.7. The molecule has 2 rings (SSSR count). The first-order chi connectivity index (χ1) is 8.10. The van der Waals surface area contributed by atoms with Crippen LogP contribution in [0.5, 0.6) is 17.2 Å². The predicted octanol–water partition coefficient (Wildman–Crippen LogP) is 2.38. The van der Waals surface area contributed by atoms with Crippen molar-refractivity contribution in [2.24, 2.45) is 0 Å². The van der Waals surface area contributed by atoms with Crippen LogP contribution < -0.4 is 4.74 Å². The number of aryl methyl sites for hydroxylation is 1. The van der Waals surface area contributed by atoms with E-state index in [0.717, 1.165) is 5.39 Å². The van der Waals surface area contributed by atoms with Gasteiger partial charge in [0.05, 0.1) is 12.7 Å². The highest BCUT2D eigenvalue weighted by atomic mass is 16.5. The van der Waals surface area contributed by atoms with Crippen LogP contribution >= 0.6 is 0 Å². The number of hydrogen-bond acceptors (Lipinski definition) is 4. The van der Waals surface area contributed by atoms with Crippen molar-refractivity contribution in [2.75, 3.05) is 7.11 Å². The normalized spacial score (nSPS) is 10.5. The van der Waals surface area contributed by atoms with E-state index in [1.165, 1.54) is 13.2 Å². The second-order valence-corrected chi connectivity index (χ2v) is 3.79. The zero-order valence-corrected chi connectivity index (χ0v) is 9.52. The van der Waals surface area contributed by atoms with Gasteiger partial charge in [0, 0.05) is 5.39 Å². The number of aldehydes is 1. The van der Waals surface area contributed by atoms with Crippen LogP contribution in [0.15, 0.2) is 18.2 Å². The molecule has 0 fully saturated rings. The van der Waals surface area contributed by atoms with Crippen molar-refractivity contribution in [3.8, 4) is 17.2 Å². The Hall–Kier alpha value is -2.23. The van der Waals surface area contributed by atoms with E-state index in [0.29, 0.717) is 17.2 Å². The smallest absolute Gasteiger partial charge is 0.169 e. The van der Waals surface area contributed by atoms with Gasteiger partial charge in [-0.15, -0.1) is 0 Å². The number of carbonyl (C=O) groups excluding carboxylic acids is 1. The van der Waals surface area contributed by atoms with E-state index < -0.39 is 0 Å². The van der Waals surface area contributed by atoms with Gasteiger partial charge in [-0.2, -0.15) is 0 Å². The monoisotopic (exact) mass is 232 g/mol. The van der Waals surface area contributed by atoms with Gasteiger partial charge in [-0.25, -0.2) is 0 Å². The molecule has 0 amide bonds. The van der Waals surface area contributed by atoms with Crippen LogP contribution in [0, 0.1) is 6.92 Å². The van der Waals surface area contributed by atoms with Crippen molar-refractivity contribution < 1.29 is 19.7 Å². The zero-order chi connectivity index (χ0) is 12.6. The molecule has 0 radical (unpaired) electrons. The Kier molecular flexibility index (Phi) is 2.63. The van der Waals surface area contributed by atoms with Crippen molar-refractivity contribution in [2.45, 2.75) is 6.92 Å². The molecule has 17 heavy (non-hydrogen) atoms. The molecule has 2 N–H and O–H groups in total. The SMILES string of the molecule is COc1c(O)c(C)cc2ccc(O)c(C=O)c12. The molecule has 0 spiro atoms. The summed E-state index contributed by atoms with van der Waals surface area (Å²) in [6, 6.07) is 4.86. The second kappa shape index (κ2) is 3.97. The standard InChI is InChI=1S/C13H12O4/c1-7-5-8-3-4-10(15)9(6-14)11(8)13(17-2)12(7)16/h3-6,15-16H,1-2H3. The Morgan fingerprint density at radius 1 is 1.29 bits per heavy atom. The van der Waals surface area contributed by atoms with Crippen LogP contribution in [0.2, 0.25) is 0 Å². The molecule has 0 saturated heterocycles. The minimum Gasteiger partial charge on any atom is -0.507 e. The highest BCUT2D eigenvalue weighted by molar-refractivity contribution is 6.05. The van der Waals surface area contributed by atoms with Crippen molar-refractivity contribution in [1.82, 2.24) is 0 Å². The molecule has 0 bridgehead atoms. The highest BCUT2D eigenvalue weighted by Crippen LogP contribution is 2.41. The first kappa shape index (κ1) is 11.3. The van der Waals surface area contributed by atoms with E-state index in [9.17, 15) is 15.0 Å². The van der Waals surface area contributed by atoms with Gasteiger partial charge in [0.25, 0.3) is 0 Å². The summed E-state index contributed by atoms with van der Waals surface area (Å²) in [7, 11) is 1.41. The van der Waals surface area contributed by atoms with Crippen molar-refractivity contribution in [3.63, 3.8) is 0 Å². The fourth-order valence-electron chi connectivity index (χ4n) is 1.92. The third kappa shape index (κ3) is 1.58. The maximum absolute atomic E-state index is 11.0. The largest absolute Gasteiger partial charge is 0.507 e. The van der Waals surface area contributed by atoms with Gasteiger partial charge >= 0.3 is 0 Å². The molecule has 88 valence electrons. The van der Waals surface area contributed by atoms with E-state index in [1.807, 2.05) is 0 Å². The Labute approximate surface area is 98.1 Å². The Balaban J connectivity index is 3.02. The van der Waals surface area contributed by atoms with Gasteiger partial charge in [0.15, 0.2) is 17.8 Å². The number of ether oxygens (including phenoxy) is 1. The average molecular weight is 232 g/mol. The lowest BCUT2D eigenvalue weighted by molar-refractivity contribution is 0.112. The maximum Gasteiger partial charge on any atom is 0.169 e. The van der Waals surface area contributed by atoms with E-state index in [1.54, 1.807) is 19.1 Å². The summed E-state index contributed by atoms with van der Waals surface area (Å²) < 4.78 is 5.12. The third-order valence-corrected chi connectivity index (χ3v) is 2.76. The summed E-state index contributed by atoms with van der Waals surface area (Å²) in [5.74, 6) is 0.0563. The quantitative estimate of drug-likeness (QED) is 0.780. The van der Waals surface area contributed by atoms with Crippen LogP contribution in [0.1, 0.15) is 15.9 Å². The molecular weight excluding hydrogens is 220 g/mol. The number of carbonyl (C=O) groups is 1. The molecule has 2 aromatic rings. The highest BCUT2D eigenvalue weighted by Gasteiger charge is 2.16. The Morgan fingerprint density at radius 2 is 2.00 bits per heavy atom. The maximum atomic E-state index is 11.0. The summed E-state index contributed by atoms with van der Waals surface area (Å²) in [6.45, 7) is 1.74. The molecule has 0 saturated carbocycles. The average Bonchev–Trinajstić information content (AvgIpc) is 2.32. The van der Waals surface area contributed by atoms with E-state index in [4.69, 9.17) is 4.74 Å². The van der Waals surface area contributed by atoms with Crippen molar-refractivity contribution >= 4 is 17.1 Å². The molecule has 0 atom stereocenters. The number of fused-ring (bicyclic) bond motifs is 1. The third-order valence-electron chi connectivity index (χ3n) is 2.76. The lowest BCUT2D eigenvalue weighted by atomic mass is 10.00. The minimum atomic E-state index is -0.131. The number of phenolic OH excluding ortho intramolecular Hbond substituents is 2. The Bertz CT molecular complexity index is 602. The molecule has 2 aromatic carbocycles. The summed E-state index contributed by atoms with van der Waals surface area (Å²) in [5.41, 5.74) is 0.770. The molecule has 4 nitrogen and oxygen atoms in total. The molecule has 0 aromatic heterocycles. The molecule has 0 heterocycles. The first-order valence-corrected chi connectivity index (χ1v) is 5.07. The molecular formula is C13H12O4. The van der Waals surface area contributed by atoms with Gasteiger partial charge < -0.3 is 14.9 Å². The van der Waals surface area contributed by atoms with Gasteiger partial charge in [-0.1, -0.05) is 6.07 Å². The lowest BCUT2D eigenvalue weighted by Crippen LogP contribution is -1.93. The van der Waals surface area contributed by atoms with Gasteiger partial charge in [0.1, 0.15) is 5.75 Å². The fourth-order valence-corrected chi connectivity index (χ4v) is 1.92. The van der Waals surface area contributed by atoms with Crippen LogP contribution in [0.3, 0.4) is 0 Å². The number of methoxy groups -OCH3 is 1. The topological polar surface area (TPSA) is 66.8 Å². The molecule has 4 heteroatoms. The summed E-state index contributed by atoms with van der Waals surface area (Å²) >= 11 is 0. The second-order valence-electron chi connectivity index (χ2n) is 3.79. The van der Waals surface area contributed by atoms with Crippen LogP contribution in [0.25, 0.3) is 10.8 Å². The number of phenols is 2. The first-order valence-electron chi connectivity index (χ1n) is 5.07. The predicted molar refractivity (Wildman–Crippen MR) is 64.0 cm³/mol. The van der Waals surface area contributed by atoms with Crippen LogP contribution in [0.4, 0.5) is 0 Å². The van der Waals surface area contributed by atoms with Gasteiger partial charge in [-0.05, 0) is 30.0 Å². The summed E-state index contributed by atoms with van der Waals surface area (Å²) in [6.07, 6.45) is 0.551. The number of hydrogen-bond donors (Lipinski definition) is 2. The zero-order valence-electron chi connectivity index (χ0n) is 9.52. The van der Waals surface area contributed by atoms with E-state index in [-0.39, 0.29) is 22.8 Å². The molecule has 0 unspecified atom stereocenters. The summed E-state index contributed by atoms with van der Waals surface area (Å²) in [4.78, 5) is 11.0. The van der Waals surface area contributed by atoms with Crippen LogP contribution in [-0.2, 0) is 0 Å². The van der Waals surface area contributed by atoms with E-state index in [2.05, 4.69) is 0 Å². The van der Waals surface area contributed by atoms with Crippen molar-refractivity contribution in [1.29, 1.82) is 0 Å². The number of aromatic hydroxyl groups is 2. The number of benzene rings is 2. The van der Waals surface area contributed by atoms with Gasteiger partial charge in [-0.3, -0.25) is 4.79 Å². The van der Waals surface area contributed by atoms with E-state index >= 15 is 0 Å². The van der Waals surface area contributed by atoms with Crippen LogP contribution in [-0.4, -0.2) is 23.6 Å².